The van der Waals surface area contributed by atoms with Gasteiger partial charge in [-0.3, -0.25) is 4.79 Å². The van der Waals surface area contributed by atoms with Crippen LogP contribution in [0.5, 0.6) is 0 Å². The first-order valence-corrected chi connectivity index (χ1v) is 7.37. The molecule has 3 aromatic heterocycles. The van der Waals surface area contributed by atoms with Crippen molar-refractivity contribution in [1.82, 2.24) is 14.7 Å². The zero-order valence-corrected chi connectivity index (χ0v) is 12.5. The van der Waals surface area contributed by atoms with Crippen LogP contribution in [0.1, 0.15) is 27.3 Å². The van der Waals surface area contributed by atoms with Crippen molar-refractivity contribution in [2.75, 3.05) is 7.05 Å². The van der Waals surface area contributed by atoms with E-state index in [9.17, 15) is 4.79 Å². The summed E-state index contributed by atoms with van der Waals surface area (Å²) in [5.74, 6) is 6.07. The molecule has 1 N–H and O–H groups in total. The van der Waals surface area contributed by atoms with Crippen LogP contribution in [0.25, 0.3) is 5.52 Å². The molecule has 0 unspecified atom stereocenters. The molecule has 0 atom stereocenters. The summed E-state index contributed by atoms with van der Waals surface area (Å²) in [6.45, 7) is 1.91. The van der Waals surface area contributed by atoms with Crippen molar-refractivity contribution in [1.29, 1.82) is 0 Å². The van der Waals surface area contributed by atoms with Gasteiger partial charge in [0.2, 0.25) is 0 Å². The van der Waals surface area contributed by atoms with Gasteiger partial charge in [-0.15, -0.1) is 0 Å². The maximum atomic E-state index is 11.7. The maximum Gasteiger partial charge on any atom is 0.252 e. The van der Waals surface area contributed by atoms with Gasteiger partial charge >= 0.3 is 0 Å². The van der Waals surface area contributed by atoms with E-state index in [1.807, 2.05) is 40.4 Å². The molecule has 3 aromatic rings. The van der Waals surface area contributed by atoms with E-state index in [0.29, 0.717) is 11.3 Å². The Hall–Kier alpha value is -2.58. The summed E-state index contributed by atoms with van der Waals surface area (Å²) in [4.78, 5) is 16.2. The summed E-state index contributed by atoms with van der Waals surface area (Å²) in [6, 6.07) is 3.78. The molecule has 0 radical (unpaired) electrons. The third-order valence-electron chi connectivity index (χ3n) is 3.04. The monoisotopic (exact) mass is 295 g/mol. The summed E-state index contributed by atoms with van der Waals surface area (Å²) < 4.78 is 1.89. The minimum atomic E-state index is -0.118. The van der Waals surface area contributed by atoms with Crippen LogP contribution < -0.4 is 5.32 Å². The van der Waals surface area contributed by atoms with Crippen molar-refractivity contribution >= 4 is 22.8 Å². The van der Waals surface area contributed by atoms with Crippen LogP contribution in [-0.4, -0.2) is 22.3 Å². The number of fused-ring (bicyclic) bond motifs is 1. The third kappa shape index (κ3) is 2.67. The molecule has 104 valence electrons. The standard InChI is InChI=1S/C16H13N3OS/c1-11-8-19-9-13(16(20)17-2)7-15(19)14(18-11)4-3-12-5-6-21-10-12/h5-10H,1-2H3,(H,17,20). The molecule has 0 spiro atoms. The van der Waals surface area contributed by atoms with Gasteiger partial charge in [0, 0.05) is 30.4 Å². The molecule has 0 aliphatic rings. The summed E-state index contributed by atoms with van der Waals surface area (Å²) in [6.07, 6.45) is 3.68. The zero-order valence-electron chi connectivity index (χ0n) is 11.7. The highest BCUT2D eigenvalue weighted by atomic mass is 32.1. The Morgan fingerprint density at radius 2 is 2.24 bits per heavy atom. The number of rotatable bonds is 1. The fourth-order valence-corrected chi connectivity index (χ4v) is 2.66. The van der Waals surface area contributed by atoms with Crippen LogP contribution in [0.4, 0.5) is 0 Å². The molecule has 1 amide bonds. The van der Waals surface area contributed by atoms with Crippen LogP contribution in [0.3, 0.4) is 0 Å². The SMILES string of the molecule is CNC(=O)c1cc2c(C#Cc3ccsc3)nc(C)cn2c1. The largest absolute Gasteiger partial charge is 0.355 e. The number of nitrogens with zero attached hydrogens (tertiary/aromatic N) is 2. The second-order valence-corrected chi connectivity index (χ2v) is 5.37. The number of hydrogen-bond donors (Lipinski definition) is 1. The fourth-order valence-electron chi connectivity index (χ4n) is 2.07. The number of aromatic nitrogens is 2. The van der Waals surface area contributed by atoms with E-state index in [2.05, 4.69) is 22.1 Å². The molecule has 0 aliphatic heterocycles. The molecule has 0 saturated carbocycles. The highest BCUT2D eigenvalue weighted by Crippen LogP contribution is 2.14. The molecular formula is C16H13N3OS. The number of thiophene rings is 1. The molecule has 5 heteroatoms. The van der Waals surface area contributed by atoms with Gasteiger partial charge in [0.1, 0.15) is 5.69 Å². The molecular weight excluding hydrogens is 282 g/mol. The van der Waals surface area contributed by atoms with Crippen molar-refractivity contribution in [2.24, 2.45) is 0 Å². The highest BCUT2D eigenvalue weighted by molar-refractivity contribution is 7.08. The fraction of sp³-hybridized carbons (Fsp3) is 0.125. The van der Waals surface area contributed by atoms with Crippen molar-refractivity contribution in [2.45, 2.75) is 6.92 Å². The Morgan fingerprint density at radius 1 is 1.38 bits per heavy atom. The van der Waals surface area contributed by atoms with Crippen molar-refractivity contribution in [3.05, 3.63) is 57.8 Å². The number of carbonyl (C=O) groups excluding carboxylic acids is 1. The normalized spacial score (nSPS) is 10.2. The van der Waals surface area contributed by atoms with Gasteiger partial charge in [-0.25, -0.2) is 4.98 Å². The average Bonchev–Trinajstić information content (AvgIpc) is 3.12. The Bertz CT molecular complexity index is 866. The van der Waals surface area contributed by atoms with Crippen LogP contribution in [0, 0.1) is 18.8 Å². The molecule has 3 heterocycles. The van der Waals surface area contributed by atoms with Crippen LogP contribution >= 0.6 is 11.3 Å². The maximum absolute atomic E-state index is 11.7. The summed E-state index contributed by atoms with van der Waals surface area (Å²) >= 11 is 1.61. The molecule has 21 heavy (non-hydrogen) atoms. The van der Waals surface area contributed by atoms with Gasteiger partial charge in [0.15, 0.2) is 0 Å². The van der Waals surface area contributed by atoms with Gasteiger partial charge in [0.05, 0.1) is 16.8 Å². The van der Waals surface area contributed by atoms with Gasteiger partial charge < -0.3 is 9.72 Å². The summed E-state index contributed by atoms with van der Waals surface area (Å²) in [5, 5.41) is 6.61. The molecule has 0 saturated heterocycles. The Kier molecular flexibility index (Phi) is 3.46. The molecule has 0 aromatic carbocycles. The lowest BCUT2D eigenvalue weighted by Gasteiger charge is -1.99. The van der Waals surface area contributed by atoms with Crippen LogP contribution in [0.15, 0.2) is 35.3 Å². The quantitative estimate of drug-likeness (QED) is 0.701. The first-order valence-electron chi connectivity index (χ1n) is 6.43. The molecule has 4 nitrogen and oxygen atoms in total. The predicted octanol–water partition coefficient (Wildman–Crippen LogP) is 2.46. The van der Waals surface area contributed by atoms with Gasteiger partial charge in [-0.2, -0.15) is 11.3 Å². The second-order valence-electron chi connectivity index (χ2n) is 4.59. The number of nitrogens with one attached hydrogen (secondary N) is 1. The minimum Gasteiger partial charge on any atom is -0.355 e. The molecule has 0 aliphatic carbocycles. The molecule has 0 bridgehead atoms. The predicted molar refractivity (Wildman–Crippen MR) is 83.6 cm³/mol. The number of hydrogen-bond acceptors (Lipinski definition) is 3. The van der Waals surface area contributed by atoms with E-state index in [4.69, 9.17) is 0 Å². The van der Waals surface area contributed by atoms with Crippen LogP contribution in [0.2, 0.25) is 0 Å². The Balaban J connectivity index is 2.13. The summed E-state index contributed by atoms with van der Waals surface area (Å²) in [5.41, 5.74) is 3.94. The topological polar surface area (TPSA) is 46.4 Å². The second kappa shape index (κ2) is 5.43. The summed E-state index contributed by atoms with van der Waals surface area (Å²) in [7, 11) is 1.62. The lowest BCUT2D eigenvalue weighted by molar-refractivity contribution is 0.0963. The van der Waals surface area contributed by atoms with E-state index < -0.39 is 0 Å². The third-order valence-corrected chi connectivity index (χ3v) is 3.72. The smallest absolute Gasteiger partial charge is 0.252 e. The van der Waals surface area contributed by atoms with Gasteiger partial charge in [0.25, 0.3) is 5.91 Å². The van der Waals surface area contributed by atoms with Crippen LogP contribution in [-0.2, 0) is 0 Å². The van der Waals surface area contributed by atoms with Crippen molar-refractivity contribution in [3.63, 3.8) is 0 Å². The van der Waals surface area contributed by atoms with Crippen molar-refractivity contribution in [3.8, 4) is 11.8 Å². The van der Waals surface area contributed by atoms with E-state index >= 15 is 0 Å². The van der Waals surface area contributed by atoms with E-state index in [1.54, 1.807) is 24.6 Å². The Labute approximate surface area is 126 Å². The lowest BCUT2D eigenvalue weighted by atomic mass is 10.2. The number of amides is 1. The molecule has 3 rings (SSSR count). The number of aryl methyl sites for hydroxylation is 1. The Morgan fingerprint density at radius 3 is 2.95 bits per heavy atom. The highest BCUT2D eigenvalue weighted by Gasteiger charge is 2.10. The van der Waals surface area contributed by atoms with E-state index in [0.717, 1.165) is 16.8 Å². The van der Waals surface area contributed by atoms with E-state index in [1.165, 1.54) is 0 Å². The van der Waals surface area contributed by atoms with Crippen molar-refractivity contribution < 1.29 is 4.79 Å². The minimum absolute atomic E-state index is 0.118. The molecule has 0 fully saturated rings. The lowest BCUT2D eigenvalue weighted by Crippen LogP contribution is -2.16. The van der Waals surface area contributed by atoms with Gasteiger partial charge in [-0.05, 0) is 30.4 Å². The van der Waals surface area contributed by atoms with E-state index in [-0.39, 0.29) is 5.91 Å². The first-order chi connectivity index (χ1) is 10.2. The zero-order chi connectivity index (χ0) is 14.8. The first kappa shape index (κ1) is 13.4. The van der Waals surface area contributed by atoms with Gasteiger partial charge in [-0.1, -0.05) is 5.92 Å². The average molecular weight is 295 g/mol. The number of carbonyl (C=O) groups is 1.